The van der Waals surface area contributed by atoms with Crippen molar-refractivity contribution in [2.24, 2.45) is 0 Å². The molecule has 1 aliphatic carbocycles. The maximum absolute atomic E-state index is 14.3. The van der Waals surface area contributed by atoms with Crippen molar-refractivity contribution in [2.45, 2.75) is 57.2 Å². The number of anilines is 1. The van der Waals surface area contributed by atoms with Crippen molar-refractivity contribution in [1.29, 1.82) is 0 Å². The normalized spacial score (nSPS) is 21.6. The summed E-state index contributed by atoms with van der Waals surface area (Å²) in [5, 5.41) is 4.93. The molecule has 2 aromatic rings. The average molecular weight is 537 g/mol. The third-order valence-corrected chi connectivity index (χ3v) is 7.62. The van der Waals surface area contributed by atoms with Crippen molar-refractivity contribution < 1.29 is 22.7 Å². The fourth-order valence-electron chi connectivity index (χ4n) is 4.65. The summed E-state index contributed by atoms with van der Waals surface area (Å²) >= 11 is 4.05. The summed E-state index contributed by atoms with van der Waals surface area (Å²) in [6.45, 7) is 1.90. The minimum absolute atomic E-state index is 0.00508. The van der Waals surface area contributed by atoms with Crippen LogP contribution in [-0.2, 0) is 20.9 Å². The predicted molar refractivity (Wildman–Crippen MR) is 137 cm³/mol. The van der Waals surface area contributed by atoms with Crippen LogP contribution in [0.3, 0.4) is 0 Å². The number of nitrogens with zero attached hydrogens (tertiary/aromatic N) is 3. The van der Waals surface area contributed by atoms with Crippen molar-refractivity contribution >= 4 is 40.4 Å². The van der Waals surface area contributed by atoms with Gasteiger partial charge in [-0.3, -0.25) is 19.0 Å². The zero-order chi connectivity index (χ0) is 25.8. The van der Waals surface area contributed by atoms with Crippen LogP contribution in [0.25, 0.3) is 0 Å². The van der Waals surface area contributed by atoms with E-state index in [-0.39, 0.29) is 22.8 Å². The van der Waals surface area contributed by atoms with Crippen molar-refractivity contribution in [3.8, 4) is 0 Å². The van der Waals surface area contributed by atoms with E-state index in [1.54, 1.807) is 29.3 Å². The van der Waals surface area contributed by atoms with Crippen molar-refractivity contribution in [1.82, 2.24) is 14.7 Å². The smallest absolute Gasteiger partial charge is 0.249 e. The first kappa shape index (κ1) is 26.7. The van der Waals surface area contributed by atoms with Crippen molar-refractivity contribution in [3.05, 3.63) is 64.9 Å². The Morgan fingerprint density at radius 2 is 1.89 bits per heavy atom. The fourth-order valence-corrected chi connectivity index (χ4v) is 5.51. The molecule has 0 radical (unpaired) electrons. The maximum atomic E-state index is 14.3. The lowest BCUT2D eigenvalue weighted by Crippen LogP contribution is -2.50. The van der Waals surface area contributed by atoms with E-state index >= 15 is 0 Å². The number of hydrogen-bond acceptors (Lipinski definition) is 4. The van der Waals surface area contributed by atoms with Crippen LogP contribution in [0, 0.1) is 5.82 Å². The molecule has 1 heterocycles. The minimum Gasteiger partial charge on any atom is -0.351 e. The molecule has 1 saturated heterocycles. The van der Waals surface area contributed by atoms with Gasteiger partial charge in [-0.25, -0.2) is 13.6 Å². The highest BCUT2D eigenvalue weighted by atomic mass is 35.5. The lowest BCUT2D eigenvalue weighted by Gasteiger charge is -2.34. The lowest BCUT2D eigenvalue weighted by molar-refractivity contribution is -0.127. The summed E-state index contributed by atoms with van der Waals surface area (Å²) in [5.41, 5.74) is 0.521. The molecular weight excluding hydrogens is 507 g/mol. The molecule has 0 aromatic heterocycles. The fraction of sp³-hybridized carbons (Fsp3) is 0.440. The summed E-state index contributed by atoms with van der Waals surface area (Å²) < 4.78 is 37.2. The van der Waals surface area contributed by atoms with E-state index in [0.717, 1.165) is 42.6 Å². The van der Waals surface area contributed by atoms with Gasteiger partial charge >= 0.3 is 0 Å². The van der Waals surface area contributed by atoms with E-state index < -0.39 is 41.5 Å². The summed E-state index contributed by atoms with van der Waals surface area (Å²) in [7, 11) is 0. The molecule has 0 bridgehead atoms. The highest BCUT2D eigenvalue weighted by Gasteiger charge is 2.42. The van der Waals surface area contributed by atoms with Gasteiger partial charge in [0.2, 0.25) is 23.1 Å². The quantitative estimate of drug-likeness (QED) is 0.372. The first-order valence-electron chi connectivity index (χ1n) is 12.0. The van der Waals surface area contributed by atoms with E-state index in [4.69, 9.17) is 11.6 Å². The Bertz CT molecular complexity index is 1130. The van der Waals surface area contributed by atoms with E-state index in [1.807, 2.05) is 6.92 Å². The van der Waals surface area contributed by atoms with Gasteiger partial charge in [0.25, 0.3) is 0 Å². The SMILES string of the molecule is C[C@H]1CN1N(CC(=O)N(c1cccc(F)c1)C(C(=O)NC1CCCCC1)c1ccccc1Cl)S(=O)O. The number of hydrazine groups is 1. The summed E-state index contributed by atoms with van der Waals surface area (Å²) in [5.74, 6) is -1.67. The van der Waals surface area contributed by atoms with E-state index in [9.17, 15) is 22.7 Å². The van der Waals surface area contributed by atoms with Crippen molar-refractivity contribution in [3.63, 3.8) is 0 Å². The molecule has 0 spiro atoms. The van der Waals surface area contributed by atoms with Crippen LogP contribution in [0.4, 0.5) is 10.1 Å². The molecule has 2 amide bonds. The average Bonchev–Trinajstić information content (AvgIpc) is 3.57. The number of carbonyl (C=O) groups is 2. The minimum atomic E-state index is -2.46. The monoisotopic (exact) mass is 536 g/mol. The first-order chi connectivity index (χ1) is 17.3. The standard InChI is InChI=1S/C25H30ClFN4O4S/c1-17-15-29(17)30(36(34)35)16-23(32)31(20-11-7-8-18(27)14-20)24(21-12-5-6-13-22(21)26)25(33)28-19-9-3-2-4-10-19/h5-8,11-14,17,19,24H,2-4,9-10,15-16H2,1H3,(H,28,33)(H,34,35)/t17-,24?,29?/m0/s1. The van der Waals surface area contributed by atoms with Crippen LogP contribution in [-0.4, -0.2) is 55.2 Å². The molecular formula is C25H30ClFN4O4S. The number of nitrogens with one attached hydrogen (secondary N) is 1. The van der Waals surface area contributed by atoms with Gasteiger partial charge in [0.15, 0.2) is 0 Å². The van der Waals surface area contributed by atoms with Gasteiger partial charge in [-0.15, -0.1) is 4.41 Å². The van der Waals surface area contributed by atoms with Gasteiger partial charge in [0.1, 0.15) is 18.4 Å². The van der Waals surface area contributed by atoms with Gasteiger partial charge in [-0.05, 0) is 44.0 Å². The van der Waals surface area contributed by atoms with Gasteiger partial charge in [0.05, 0.1) is 0 Å². The second-order valence-electron chi connectivity index (χ2n) is 9.22. The molecule has 2 aliphatic rings. The Morgan fingerprint density at radius 3 is 2.50 bits per heavy atom. The van der Waals surface area contributed by atoms with E-state index in [0.29, 0.717) is 12.1 Å². The second kappa shape index (κ2) is 11.8. The molecule has 3 unspecified atom stereocenters. The molecule has 4 atom stereocenters. The zero-order valence-electron chi connectivity index (χ0n) is 20.0. The number of hydrogen-bond donors (Lipinski definition) is 2. The summed E-state index contributed by atoms with van der Waals surface area (Å²) in [6, 6.07) is 10.8. The molecule has 36 heavy (non-hydrogen) atoms. The number of amides is 2. The Morgan fingerprint density at radius 1 is 1.19 bits per heavy atom. The number of halogens is 2. The van der Waals surface area contributed by atoms with Crippen LogP contribution in [0.1, 0.15) is 50.6 Å². The number of rotatable bonds is 9. The van der Waals surface area contributed by atoms with Gasteiger partial charge in [-0.2, -0.15) is 0 Å². The highest BCUT2D eigenvalue weighted by Crippen LogP contribution is 2.34. The summed E-state index contributed by atoms with van der Waals surface area (Å²) in [6.07, 6.45) is 4.77. The third-order valence-electron chi connectivity index (χ3n) is 6.58. The number of benzene rings is 2. The van der Waals surface area contributed by atoms with Crippen LogP contribution in [0.5, 0.6) is 0 Å². The van der Waals surface area contributed by atoms with Crippen LogP contribution in [0.2, 0.25) is 5.02 Å². The molecule has 2 aromatic carbocycles. The molecule has 2 N–H and O–H groups in total. The second-order valence-corrected chi connectivity index (χ2v) is 10.5. The topological polar surface area (TPSA) is 93.0 Å². The molecule has 1 saturated carbocycles. The molecule has 1 aliphatic heterocycles. The predicted octanol–water partition coefficient (Wildman–Crippen LogP) is 4.06. The molecule has 8 nitrogen and oxygen atoms in total. The van der Waals surface area contributed by atoms with Crippen molar-refractivity contribution in [2.75, 3.05) is 18.0 Å². The zero-order valence-corrected chi connectivity index (χ0v) is 21.6. The van der Waals surface area contributed by atoms with Crippen LogP contribution < -0.4 is 10.2 Å². The lowest BCUT2D eigenvalue weighted by atomic mass is 9.94. The van der Waals surface area contributed by atoms with E-state index in [2.05, 4.69) is 5.32 Å². The van der Waals surface area contributed by atoms with Gasteiger partial charge < -0.3 is 5.32 Å². The highest BCUT2D eigenvalue weighted by molar-refractivity contribution is 7.76. The Hall–Kier alpha value is -2.37. The third kappa shape index (κ3) is 6.30. The molecule has 2 fully saturated rings. The Balaban J connectivity index is 1.75. The Labute approximate surface area is 217 Å². The molecule has 194 valence electrons. The Kier molecular flexibility index (Phi) is 8.74. The van der Waals surface area contributed by atoms with Crippen LogP contribution in [0.15, 0.2) is 48.5 Å². The van der Waals surface area contributed by atoms with Gasteiger partial charge in [-0.1, -0.05) is 55.1 Å². The van der Waals surface area contributed by atoms with Crippen LogP contribution >= 0.6 is 11.6 Å². The number of carbonyl (C=O) groups excluding carboxylic acids is 2. The largest absolute Gasteiger partial charge is 0.351 e. The molecule has 11 heteroatoms. The first-order valence-corrected chi connectivity index (χ1v) is 13.5. The van der Waals surface area contributed by atoms with Gasteiger partial charge in [0, 0.05) is 34.9 Å². The maximum Gasteiger partial charge on any atom is 0.249 e. The van der Waals surface area contributed by atoms with E-state index in [1.165, 1.54) is 23.1 Å². The molecule has 4 rings (SSSR count). The summed E-state index contributed by atoms with van der Waals surface area (Å²) in [4.78, 5) is 28.8.